The first-order valence-electron chi connectivity index (χ1n) is 7.65. The Hall–Kier alpha value is -1.86. The molecule has 0 amide bonds. The fraction of sp³-hybridized carbons (Fsp3) is 0.438. The molecular formula is C16H23N3O3S. The molecule has 0 saturated carbocycles. The predicted octanol–water partition coefficient (Wildman–Crippen LogP) is 2.85. The van der Waals surface area contributed by atoms with Crippen molar-refractivity contribution in [3.05, 3.63) is 41.2 Å². The molecule has 2 aromatic rings. The van der Waals surface area contributed by atoms with Gasteiger partial charge in [-0.05, 0) is 44.9 Å². The van der Waals surface area contributed by atoms with Crippen molar-refractivity contribution in [2.45, 2.75) is 45.1 Å². The number of nitrogens with one attached hydrogen (secondary N) is 2. The van der Waals surface area contributed by atoms with Crippen LogP contribution in [0, 0.1) is 13.8 Å². The average molecular weight is 337 g/mol. The summed E-state index contributed by atoms with van der Waals surface area (Å²) in [6.45, 7) is 7.84. The van der Waals surface area contributed by atoms with E-state index >= 15 is 0 Å². The van der Waals surface area contributed by atoms with Crippen LogP contribution in [0.3, 0.4) is 0 Å². The molecule has 1 heterocycles. The summed E-state index contributed by atoms with van der Waals surface area (Å²) in [5.74, 6) is 0.774. The van der Waals surface area contributed by atoms with E-state index in [1.54, 1.807) is 13.8 Å². The highest BCUT2D eigenvalue weighted by atomic mass is 32.2. The van der Waals surface area contributed by atoms with E-state index in [4.69, 9.17) is 4.74 Å². The minimum Gasteiger partial charge on any atom is -0.494 e. The van der Waals surface area contributed by atoms with E-state index in [0.717, 1.165) is 11.3 Å². The summed E-state index contributed by atoms with van der Waals surface area (Å²) in [7, 11) is -3.63. The van der Waals surface area contributed by atoms with Crippen molar-refractivity contribution in [2.24, 2.45) is 0 Å². The Morgan fingerprint density at radius 1 is 1.22 bits per heavy atom. The minimum atomic E-state index is -3.63. The van der Waals surface area contributed by atoms with Gasteiger partial charge in [-0.25, -0.2) is 13.1 Å². The molecule has 1 aromatic carbocycles. The van der Waals surface area contributed by atoms with E-state index in [9.17, 15) is 8.42 Å². The SMILES string of the molecule is CCOc1ccc([C@H](CC)NS(=O)(=O)c2c(C)n[nH]c2C)cc1. The van der Waals surface area contributed by atoms with Gasteiger partial charge in [-0.1, -0.05) is 19.1 Å². The Labute approximate surface area is 137 Å². The molecular weight excluding hydrogens is 314 g/mol. The molecule has 1 aromatic heterocycles. The normalized spacial score (nSPS) is 13.0. The zero-order valence-corrected chi connectivity index (χ0v) is 14.7. The molecule has 2 rings (SSSR count). The topological polar surface area (TPSA) is 84.1 Å². The van der Waals surface area contributed by atoms with Crippen LogP contribution in [0.2, 0.25) is 0 Å². The first-order valence-corrected chi connectivity index (χ1v) is 9.14. The third-order valence-electron chi connectivity index (χ3n) is 3.63. The number of nitrogens with zero attached hydrogens (tertiary/aromatic N) is 1. The van der Waals surface area contributed by atoms with Crippen LogP contribution in [-0.4, -0.2) is 25.2 Å². The summed E-state index contributed by atoms with van der Waals surface area (Å²) in [6.07, 6.45) is 0.642. The molecule has 126 valence electrons. The Balaban J connectivity index is 2.25. The molecule has 2 N–H and O–H groups in total. The van der Waals surface area contributed by atoms with Crippen molar-refractivity contribution in [3.63, 3.8) is 0 Å². The van der Waals surface area contributed by atoms with Crippen molar-refractivity contribution >= 4 is 10.0 Å². The maximum absolute atomic E-state index is 12.7. The number of hydrogen-bond donors (Lipinski definition) is 2. The van der Waals surface area contributed by atoms with Gasteiger partial charge in [-0.3, -0.25) is 5.10 Å². The average Bonchev–Trinajstić information content (AvgIpc) is 2.86. The number of benzene rings is 1. The number of ether oxygens (including phenoxy) is 1. The molecule has 0 saturated heterocycles. The molecule has 0 bridgehead atoms. The van der Waals surface area contributed by atoms with Crippen molar-refractivity contribution in [2.75, 3.05) is 6.61 Å². The molecule has 0 aliphatic heterocycles. The summed E-state index contributed by atoms with van der Waals surface area (Å²) in [4.78, 5) is 0.224. The highest BCUT2D eigenvalue weighted by Crippen LogP contribution is 2.24. The lowest BCUT2D eigenvalue weighted by molar-refractivity contribution is 0.340. The van der Waals surface area contributed by atoms with E-state index in [1.807, 2.05) is 38.1 Å². The second-order valence-corrected chi connectivity index (χ2v) is 7.00. The Morgan fingerprint density at radius 3 is 2.35 bits per heavy atom. The molecule has 0 radical (unpaired) electrons. The van der Waals surface area contributed by atoms with Crippen molar-refractivity contribution < 1.29 is 13.2 Å². The quantitative estimate of drug-likeness (QED) is 0.814. The van der Waals surface area contributed by atoms with Crippen LogP contribution in [0.25, 0.3) is 0 Å². The maximum Gasteiger partial charge on any atom is 0.244 e. The number of sulfonamides is 1. The second-order valence-electron chi connectivity index (χ2n) is 5.35. The first kappa shape index (κ1) is 17.5. The molecule has 23 heavy (non-hydrogen) atoms. The zero-order valence-electron chi connectivity index (χ0n) is 13.9. The lowest BCUT2D eigenvalue weighted by Crippen LogP contribution is -2.29. The standard InChI is InChI=1S/C16H23N3O3S/c1-5-15(13-7-9-14(10-8-13)22-6-2)19-23(20,21)16-11(3)17-18-12(16)4/h7-10,15,19H,5-6H2,1-4H3,(H,17,18)/t15-/m0/s1. The van der Waals surface area contributed by atoms with Crippen LogP contribution in [0.15, 0.2) is 29.2 Å². The summed E-state index contributed by atoms with van der Waals surface area (Å²) in [5.41, 5.74) is 1.91. The van der Waals surface area contributed by atoms with Gasteiger partial charge in [0.2, 0.25) is 10.0 Å². The number of aromatic amines is 1. The highest BCUT2D eigenvalue weighted by Gasteiger charge is 2.25. The second kappa shape index (κ2) is 7.14. The fourth-order valence-electron chi connectivity index (χ4n) is 2.53. The van der Waals surface area contributed by atoms with Gasteiger partial charge in [-0.2, -0.15) is 5.10 Å². The highest BCUT2D eigenvalue weighted by molar-refractivity contribution is 7.89. The maximum atomic E-state index is 12.7. The van der Waals surface area contributed by atoms with Gasteiger partial charge in [0.15, 0.2) is 0 Å². The predicted molar refractivity (Wildman–Crippen MR) is 89.0 cm³/mol. The fourth-order valence-corrected chi connectivity index (χ4v) is 4.21. The van der Waals surface area contributed by atoms with Gasteiger partial charge in [0.05, 0.1) is 18.0 Å². The molecule has 0 spiro atoms. The van der Waals surface area contributed by atoms with Crippen molar-refractivity contribution in [3.8, 4) is 5.75 Å². The van der Waals surface area contributed by atoms with E-state index in [1.165, 1.54) is 0 Å². The summed E-state index contributed by atoms with van der Waals surface area (Å²) in [5, 5.41) is 6.67. The van der Waals surface area contributed by atoms with Crippen molar-refractivity contribution in [1.82, 2.24) is 14.9 Å². The molecule has 0 unspecified atom stereocenters. The van der Waals surface area contributed by atoms with Crippen LogP contribution >= 0.6 is 0 Å². The third kappa shape index (κ3) is 3.92. The lowest BCUT2D eigenvalue weighted by Gasteiger charge is -2.18. The monoisotopic (exact) mass is 337 g/mol. The van der Waals surface area contributed by atoms with Crippen molar-refractivity contribution in [1.29, 1.82) is 0 Å². The van der Waals surface area contributed by atoms with Crippen LogP contribution in [0.5, 0.6) is 5.75 Å². The summed E-state index contributed by atoms with van der Waals surface area (Å²) < 4.78 is 33.5. The van der Waals surface area contributed by atoms with Crippen LogP contribution in [0.1, 0.15) is 43.3 Å². The molecule has 1 atom stereocenters. The Morgan fingerprint density at radius 2 is 1.87 bits per heavy atom. The van der Waals surface area contributed by atoms with Gasteiger partial charge >= 0.3 is 0 Å². The number of rotatable bonds is 7. The number of aryl methyl sites for hydroxylation is 2. The molecule has 7 heteroatoms. The van der Waals surface area contributed by atoms with E-state index in [-0.39, 0.29) is 10.9 Å². The van der Waals surface area contributed by atoms with Gasteiger partial charge in [0.1, 0.15) is 10.6 Å². The van der Waals surface area contributed by atoms with Crippen LogP contribution in [-0.2, 0) is 10.0 Å². The largest absolute Gasteiger partial charge is 0.494 e. The van der Waals surface area contributed by atoms with E-state index in [2.05, 4.69) is 14.9 Å². The molecule has 0 fully saturated rings. The first-order chi connectivity index (χ1) is 10.9. The van der Waals surface area contributed by atoms with Crippen LogP contribution < -0.4 is 9.46 Å². The van der Waals surface area contributed by atoms with Crippen LogP contribution in [0.4, 0.5) is 0 Å². The van der Waals surface area contributed by atoms with Gasteiger partial charge < -0.3 is 4.74 Å². The number of H-pyrrole nitrogens is 1. The number of hydrogen-bond acceptors (Lipinski definition) is 4. The Bertz CT molecular complexity index is 732. The molecule has 0 aliphatic rings. The summed E-state index contributed by atoms with van der Waals surface area (Å²) >= 11 is 0. The van der Waals surface area contributed by atoms with E-state index in [0.29, 0.717) is 24.4 Å². The van der Waals surface area contributed by atoms with Gasteiger partial charge in [0, 0.05) is 6.04 Å². The number of aromatic nitrogens is 2. The van der Waals surface area contributed by atoms with Gasteiger partial charge in [0.25, 0.3) is 0 Å². The third-order valence-corrected chi connectivity index (χ3v) is 5.36. The van der Waals surface area contributed by atoms with E-state index < -0.39 is 10.0 Å². The smallest absolute Gasteiger partial charge is 0.244 e. The van der Waals surface area contributed by atoms with Gasteiger partial charge in [-0.15, -0.1) is 0 Å². The molecule has 0 aliphatic carbocycles. The zero-order chi connectivity index (χ0) is 17.0. The minimum absolute atomic E-state index is 0.224. The summed E-state index contributed by atoms with van der Waals surface area (Å²) in [6, 6.07) is 7.17. The molecule has 6 nitrogen and oxygen atoms in total. The Kier molecular flexibility index (Phi) is 5.43. The lowest BCUT2D eigenvalue weighted by atomic mass is 10.1.